The minimum absolute atomic E-state index is 0.0590. The van der Waals surface area contributed by atoms with Crippen LogP contribution in [0.4, 0.5) is 18.9 Å². The number of carbonyl (C=O) groups is 2. The zero-order valence-electron chi connectivity index (χ0n) is 20.3. The van der Waals surface area contributed by atoms with Gasteiger partial charge in [-0.1, -0.05) is 12.1 Å². The first-order valence-electron chi connectivity index (χ1n) is 12.1. The summed E-state index contributed by atoms with van der Waals surface area (Å²) in [6.45, 7) is 3.03. The van der Waals surface area contributed by atoms with E-state index >= 15 is 0 Å². The Balaban J connectivity index is 1.30. The lowest BCUT2D eigenvalue weighted by atomic mass is 10.1. The highest BCUT2D eigenvalue weighted by Gasteiger charge is 2.35. The molecule has 0 bridgehead atoms. The van der Waals surface area contributed by atoms with Crippen LogP contribution in [0, 0.1) is 12.7 Å². The largest absolute Gasteiger partial charge is 0.366 e. The van der Waals surface area contributed by atoms with E-state index in [9.17, 15) is 27.6 Å². The Morgan fingerprint density at radius 3 is 2.38 bits per heavy atom. The summed E-state index contributed by atoms with van der Waals surface area (Å²) in [5.74, 6) is -3.71. The lowest BCUT2D eigenvalue weighted by Crippen LogP contribution is -2.49. The summed E-state index contributed by atoms with van der Waals surface area (Å²) in [5.41, 5.74) is 0.557. The van der Waals surface area contributed by atoms with Gasteiger partial charge in [0.25, 0.3) is 17.4 Å². The molecular weight excluding hydrogens is 507 g/mol. The van der Waals surface area contributed by atoms with Crippen LogP contribution >= 0.6 is 11.3 Å². The molecule has 2 aliphatic heterocycles. The summed E-state index contributed by atoms with van der Waals surface area (Å²) in [6, 6.07) is 6.53. The molecule has 0 spiro atoms. The quantitative estimate of drug-likeness (QED) is 0.515. The highest BCUT2D eigenvalue weighted by atomic mass is 32.1. The number of carbonyl (C=O) groups excluding carboxylic acids is 2. The number of piperidine rings is 1. The Morgan fingerprint density at radius 1 is 1.03 bits per heavy atom. The molecule has 12 heteroatoms. The Hall–Kier alpha value is -3.41. The maximum atomic E-state index is 14.1. The molecular formula is C25H26F3N5O3S. The maximum Gasteiger partial charge on any atom is 0.264 e. The molecule has 2 saturated heterocycles. The first kappa shape index (κ1) is 25.2. The molecule has 196 valence electrons. The van der Waals surface area contributed by atoms with Crippen molar-refractivity contribution in [3.63, 3.8) is 0 Å². The van der Waals surface area contributed by atoms with Crippen molar-refractivity contribution >= 4 is 39.1 Å². The summed E-state index contributed by atoms with van der Waals surface area (Å²) >= 11 is 1.13. The number of amides is 2. The van der Waals surface area contributed by atoms with E-state index in [0.717, 1.165) is 11.3 Å². The van der Waals surface area contributed by atoms with Crippen molar-refractivity contribution in [2.45, 2.75) is 32.2 Å². The summed E-state index contributed by atoms with van der Waals surface area (Å²) < 4.78 is 42.1. The number of para-hydroxylation sites is 1. The second-order valence-electron chi connectivity index (χ2n) is 9.38. The van der Waals surface area contributed by atoms with Crippen molar-refractivity contribution in [2.24, 2.45) is 0 Å². The van der Waals surface area contributed by atoms with E-state index in [1.54, 1.807) is 30.0 Å². The SMILES string of the molecule is Cc1c(C(=O)N2CCN(c3ccccc3F)CC2)sc2ncn(CC(=O)N3CCC(F)(F)CC3)c(=O)c12. The minimum atomic E-state index is -2.77. The summed E-state index contributed by atoms with van der Waals surface area (Å²) in [4.78, 5) is 49.2. The summed E-state index contributed by atoms with van der Waals surface area (Å²) in [7, 11) is 0. The fourth-order valence-corrected chi connectivity index (χ4v) is 5.91. The number of rotatable bonds is 4. The third kappa shape index (κ3) is 4.94. The number of hydrogen-bond donors (Lipinski definition) is 0. The van der Waals surface area contributed by atoms with Gasteiger partial charge in [-0.05, 0) is 24.6 Å². The maximum absolute atomic E-state index is 14.1. The predicted molar refractivity (Wildman–Crippen MR) is 134 cm³/mol. The van der Waals surface area contributed by atoms with Crippen molar-refractivity contribution in [1.29, 1.82) is 0 Å². The topological polar surface area (TPSA) is 78.8 Å². The van der Waals surface area contributed by atoms with E-state index in [0.29, 0.717) is 47.1 Å². The highest BCUT2D eigenvalue weighted by Crippen LogP contribution is 2.30. The van der Waals surface area contributed by atoms with Crippen LogP contribution in [-0.2, 0) is 11.3 Å². The van der Waals surface area contributed by atoms with Crippen LogP contribution in [0.25, 0.3) is 10.2 Å². The number of halogens is 3. The molecule has 2 amide bonds. The van der Waals surface area contributed by atoms with Crippen molar-refractivity contribution < 1.29 is 22.8 Å². The molecule has 2 aromatic heterocycles. The Labute approximate surface area is 214 Å². The fraction of sp³-hybridized carbons (Fsp3) is 0.440. The van der Waals surface area contributed by atoms with Gasteiger partial charge in [0.1, 0.15) is 17.2 Å². The van der Waals surface area contributed by atoms with E-state index < -0.39 is 30.2 Å². The van der Waals surface area contributed by atoms with Crippen LogP contribution < -0.4 is 10.5 Å². The number of alkyl halides is 2. The smallest absolute Gasteiger partial charge is 0.264 e. The zero-order chi connectivity index (χ0) is 26.3. The van der Waals surface area contributed by atoms with E-state index in [1.165, 1.54) is 21.9 Å². The van der Waals surface area contributed by atoms with Crippen molar-refractivity contribution in [2.75, 3.05) is 44.2 Å². The number of aromatic nitrogens is 2. The molecule has 5 rings (SSSR count). The molecule has 2 fully saturated rings. The van der Waals surface area contributed by atoms with Crippen LogP contribution in [0.5, 0.6) is 0 Å². The molecule has 0 unspecified atom stereocenters. The van der Waals surface area contributed by atoms with Gasteiger partial charge in [0.05, 0.1) is 22.3 Å². The van der Waals surface area contributed by atoms with E-state index in [1.807, 2.05) is 4.90 Å². The van der Waals surface area contributed by atoms with Gasteiger partial charge < -0.3 is 14.7 Å². The Kier molecular flexibility index (Phi) is 6.69. The van der Waals surface area contributed by atoms with Crippen molar-refractivity contribution in [3.05, 3.63) is 57.2 Å². The first-order chi connectivity index (χ1) is 17.6. The second-order valence-corrected chi connectivity index (χ2v) is 10.4. The molecule has 0 radical (unpaired) electrons. The van der Waals surface area contributed by atoms with Crippen LogP contribution in [0.1, 0.15) is 28.1 Å². The Morgan fingerprint density at radius 2 is 1.70 bits per heavy atom. The molecule has 4 heterocycles. The number of piperazine rings is 1. The Bertz CT molecular complexity index is 1400. The van der Waals surface area contributed by atoms with Gasteiger partial charge in [-0.3, -0.25) is 19.0 Å². The van der Waals surface area contributed by atoms with E-state index in [-0.39, 0.29) is 36.7 Å². The van der Waals surface area contributed by atoms with Gasteiger partial charge in [0.2, 0.25) is 5.91 Å². The van der Waals surface area contributed by atoms with Gasteiger partial charge in [-0.2, -0.15) is 0 Å². The summed E-state index contributed by atoms with van der Waals surface area (Å²) in [5, 5.41) is 0.277. The molecule has 1 aromatic carbocycles. The number of nitrogens with zero attached hydrogens (tertiary/aromatic N) is 5. The molecule has 0 atom stereocenters. The number of fused-ring (bicyclic) bond motifs is 1. The third-order valence-electron chi connectivity index (χ3n) is 7.02. The van der Waals surface area contributed by atoms with E-state index in [2.05, 4.69) is 4.98 Å². The highest BCUT2D eigenvalue weighted by molar-refractivity contribution is 7.20. The number of aryl methyl sites for hydroxylation is 1. The standard InChI is InChI=1S/C25H26F3N5O3S/c1-16-20-22(29-15-33(23(20)35)14-19(34)31-8-6-25(27,28)7-9-31)37-21(16)24(36)32-12-10-30(11-13-32)18-5-3-2-4-17(18)26/h2-5,15H,6-14H2,1H3. The summed E-state index contributed by atoms with van der Waals surface area (Å²) in [6.07, 6.45) is 0.474. The van der Waals surface area contributed by atoms with Crippen LogP contribution in [0.3, 0.4) is 0 Å². The molecule has 0 saturated carbocycles. The molecule has 0 N–H and O–H groups in total. The van der Waals surface area contributed by atoms with Crippen LogP contribution in [0.2, 0.25) is 0 Å². The number of thiophene rings is 1. The lowest BCUT2D eigenvalue weighted by Gasteiger charge is -2.36. The lowest BCUT2D eigenvalue weighted by molar-refractivity contribution is -0.137. The number of likely N-dealkylation sites (tertiary alicyclic amines) is 1. The second kappa shape index (κ2) is 9.81. The van der Waals surface area contributed by atoms with Gasteiger partial charge in [0.15, 0.2) is 0 Å². The molecule has 3 aromatic rings. The minimum Gasteiger partial charge on any atom is -0.366 e. The molecule has 8 nitrogen and oxygen atoms in total. The number of anilines is 1. The van der Waals surface area contributed by atoms with Crippen molar-refractivity contribution in [1.82, 2.24) is 19.4 Å². The average molecular weight is 534 g/mol. The monoisotopic (exact) mass is 533 g/mol. The predicted octanol–water partition coefficient (Wildman–Crippen LogP) is 3.13. The fourth-order valence-electron chi connectivity index (χ4n) is 4.81. The van der Waals surface area contributed by atoms with Gasteiger partial charge in [-0.15, -0.1) is 11.3 Å². The number of benzene rings is 1. The molecule has 37 heavy (non-hydrogen) atoms. The van der Waals surface area contributed by atoms with E-state index in [4.69, 9.17) is 0 Å². The zero-order valence-corrected chi connectivity index (χ0v) is 21.1. The molecule has 2 aliphatic rings. The van der Waals surface area contributed by atoms with Crippen LogP contribution in [-0.4, -0.2) is 76.4 Å². The normalized spacial score (nSPS) is 17.9. The third-order valence-corrected chi connectivity index (χ3v) is 8.21. The number of hydrogen-bond acceptors (Lipinski definition) is 6. The van der Waals surface area contributed by atoms with Gasteiger partial charge in [0, 0.05) is 52.1 Å². The van der Waals surface area contributed by atoms with Crippen LogP contribution in [0.15, 0.2) is 35.4 Å². The van der Waals surface area contributed by atoms with Crippen molar-refractivity contribution in [3.8, 4) is 0 Å². The van der Waals surface area contributed by atoms with Gasteiger partial charge in [-0.25, -0.2) is 18.2 Å². The average Bonchev–Trinajstić information content (AvgIpc) is 3.22. The first-order valence-corrected chi connectivity index (χ1v) is 12.9. The van der Waals surface area contributed by atoms with Gasteiger partial charge >= 0.3 is 0 Å². The molecule has 0 aliphatic carbocycles.